The van der Waals surface area contributed by atoms with Crippen LogP contribution in [0.4, 0.5) is 10.1 Å². The Balaban J connectivity index is 2.82. The molecule has 0 spiro atoms. The van der Waals surface area contributed by atoms with Crippen LogP contribution in [-0.4, -0.2) is 16.1 Å². The van der Waals surface area contributed by atoms with Gasteiger partial charge in [-0.3, -0.25) is 10.1 Å². The number of aliphatic hydroxyl groups excluding tert-OH is 1. The summed E-state index contributed by atoms with van der Waals surface area (Å²) in [5, 5.41) is 20.4. The van der Waals surface area contributed by atoms with E-state index < -0.39 is 16.8 Å². The Labute approximate surface area is 99.2 Å². The minimum absolute atomic E-state index is 0.0858. The predicted molar refractivity (Wildman–Crippen MR) is 62.2 cm³/mol. The highest BCUT2D eigenvalue weighted by Crippen LogP contribution is 2.22. The van der Waals surface area contributed by atoms with Gasteiger partial charge < -0.3 is 5.11 Å². The summed E-state index contributed by atoms with van der Waals surface area (Å²) in [5.41, 5.74) is 0.233. The van der Waals surface area contributed by atoms with Crippen molar-refractivity contribution >= 4 is 5.69 Å². The maximum atomic E-state index is 13.0. The normalized spacial score (nSPS) is 12.8. The van der Waals surface area contributed by atoms with E-state index in [4.69, 9.17) is 0 Å². The number of aryl methyl sites for hydroxylation is 1. The molecule has 0 bridgehead atoms. The SMILES string of the molecule is CC(C)C(O)CCc1cc(F)ccc1[N+](=O)[O-]. The first-order chi connectivity index (χ1) is 7.91. The van der Waals surface area contributed by atoms with E-state index >= 15 is 0 Å². The van der Waals surface area contributed by atoms with Crippen molar-refractivity contribution in [3.05, 3.63) is 39.7 Å². The van der Waals surface area contributed by atoms with E-state index in [9.17, 15) is 19.6 Å². The first-order valence-electron chi connectivity index (χ1n) is 5.52. The monoisotopic (exact) mass is 241 g/mol. The topological polar surface area (TPSA) is 63.4 Å². The van der Waals surface area contributed by atoms with Gasteiger partial charge in [0.05, 0.1) is 11.0 Å². The second-order valence-corrected chi connectivity index (χ2v) is 4.38. The van der Waals surface area contributed by atoms with E-state index in [0.717, 1.165) is 18.2 Å². The van der Waals surface area contributed by atoms with Crippen molar-refractivity contribution in [1.82, 2.24) is 0 Å². The van der Waals surface area contributed by atoms with Crippen LogP contribution in [0.2, 0.25) is 0 Å². The van der Waals surface area contributed by atoms with Crippen LogP contribution in [0, 0.1) is 21.8 Å². The van der Waals surface area contributed by atoms with Crippen LogP contribution in [-0.2, 0) is 6.42 Å². The maximum Gasteiger partial charge on any atom is 0.272 e. The molecule has 1 unspecified atom stereocenters. The Morgan fingerprint density at radius 2 is 2.12 bits per heavy atom. The van der Waals surface area contributed by atoms with Crippen molar-refractivity contribution in [3.63, 3.8) is 0 Å². The largest absolute Gasteiger partial charge is 0.393 e. The molecule has 1 N–H and O–H groups in total. The molecule has 0 aromatic heterocycles. The molecular weight excluding hydrogens is 225 g/mol. The van der Waals surface area contributed by atoms with Gasteiger partial charge in [0.1, 0.15) is 5.82 Å². The van der Waals surface area contributed by atoms with Gasteiger partial charge in [0, 0.05) is 11.6 Å². The highest BCUT2D eigenvalue weighted by atomic mass is 19.1. The molecule has 4 nitrogen and oxygen atoms in total. The van der Waals surface area contributed by atoms with E-state index in [-0.39, 0.29) is 11.6 Å². The molecule has 1 aromatic carbocycles. The lowest BCUT2D eigenvalue weighted by Crippen LogP contribution is -2.15. The molecule has 0 saturated carbocycles. The summed E-state index contributed by atoms with van der Waals surface area (Å²) in [7, 11) is 0. The number of nitro groups is 1. The molecule has 0 aliphatic carbocycles. The molecule has 0 amide bonds. The quantitative estimate of drug-likeness (QED) is 0.636. The number of rotatable bonds is 5. The summed E-state index contributed by atoms with van der Waals surface area (Å²) < 4.78 is 13.0. The number of benzene rings is 1. The van der Waals surface area contributed by atoms with E-state index in [1.54, 1.807) is 0 Å². The summed E-state index contributed by atoms with van der Waals surface area (Å²) in [4.78, 5) is 10.2. The third-order valence-corrected chi connectivity index (χ3v) is 2.72. The zero-order valence-electron chi connectivity index (χ0n) is 9.89. The first-order valence-corrected chi connectivity index (χ1v) is 5.52. The van der Waals surface area contributed by atoms with Gasteiger partial charge in [-0.1, -0.05) is 13.8 Å². The van der Waals surface area contributed by atoms with Crippen LogP contribution in [0.25, 0.3) is 0 Å². The average molecular weight is 241 g/mol. The molecule has 0 saturated heterocycles. The fourth-order valence-electron chi connectivity index (χ4n) is 1.57. The minimum Gasteiger partial charge on any atom is -0.393 e. The number of halogens is 1. The Kier molecular flexibility index (Phi) is 4.57. The van der Waals surface area contributed by atoms with Gasteiger partial charge in [-0.25, -0.2) is 4.39 Å². The van der Waals surface area contributed by atoms with Gasteiger partial charge in [-0.2, -0.15) is 0 Å². The van der Waals surface area contributed by atoms with Gasteiger partial charge in [-0.05, 0) is 30.9 Å². The molecule has 0 aliphatic heterocycles. The zero-order valence-corrected chi connectivity index (χ0v) is 9.89. The molecule has 1 aromatic rings. The highest BCUT2D eigenvalue weighted by molar-refractivity contribution is 5.40. The van der Waals surface area contributed by atoms with Gasteiger partial charge in [0.25, 0.3) is 5.69 Å². The molecule has 0 radical (unpaired) electrons. The molecule has 0 aliphatic rings. The number of nitrogens with zero attached hydrogens (tertiary/aromatic N) is 1. The number of aliphatic hydroxyl groups is 1. The van der Waals surface area contributed by atoms with Crippen LogP contribution in [0.1, 0.15) is 25.8 Å². The Hall–Kier alpha value is -1.49. The van der Waals surface area contributed by atoms with Gasteiger partial charge in [0.2, 0.25) is 0 Å². The summed E-state index contributed by atoms with van der Waals surface area (Å²) in [6, 6.07) is 3.39. The summed E-state index contributed by atoms with van der Waals surface area (Å²) >= 11 is 0. The van der Waals surface area contributed by atoms with Crippen molar-refractivity contribution < 1.29 is 14.4 Å². The summed E-state index contributed by atoms with van der Waals surface area (Å²) in [5.74, 6) is -0.410. The third kappa shape index (κ3) is 3.78. The summed E-state index contributed by atoms with van der Waals surface area (Å²) in [6.45, 7) is 3.73. The Bertz CT molecular complexity index is 407. The standard InChI is InChI=1S/C12H16FNO3/c1-8(2)12(15)6-3-9-7-10(13)4-5-11(9)14(16)17/h4-5,7-8,12,15H,3,6H2,1-2H3. The van der Waals surface area contributed by atoms with E-state index in [0.29, 0.717) is 18.4 Å². The van der Waals surface area contributed by atoms with Crippen molar-refractivity contribution in [2.75, 3.05) is 0 Å². The van der Waals surface area contributed by atoms with Crippen LogP contribution in [0.3, 0.4) is 0 Å². The minimum atomic E-state index is -0.531. The molecule has 0 fully saturated rings. The molecule has 1 rings (SSSR count). The predicted octanol–water partition coefficient (Wildman–Crippen LogP) is 2.68. The van der Waals surface area contributed by atoms with Crippen LogP contribution < -0.4 is 0 Å². The van der Waals surface area contributed by atoms with E-state index in [1.807, 2.05) is 13.8 Å². The molecule has 17 heavy (non-hydrogen) atoms. The van der Waals surface area contributed by atoms with Crippen LogP contribution in [0.15, 0.2) is 18.2 Å². The summed E-state index contributed by atoms with van der Waals surface area (Å²) in [6.07, 6.45) is 0.160. The Morgan fingerprint density at radius 1 is 1.47 bits per heavy atom. The lowest BCUT2D eigenvalue weighted by Gasteiger charge is -2.13. The lowest BCUT2D eigenvalue weighted by molar-refractivity contribution is -0.385. The second-order valence-electron chi connectivity index (χ2n) is 4.38. The molecule has 94 valence electrons. The second kappa shape index (κ2) is 5.72. The molecule has 1 atom stereocenters. The number of hydrogen-bond donors (Lipinski definition) is 1. The number of nitro benzene ring substituents is 1. The molecule has 5 heteroatoms. The smallest absolute Gasteiger partial charge is 0.272 e. The fourth-order valence-corrected chi connectivity index (χ4v) is 1.57. The zero-order chi connectivity index (χ0) is 13.0. The number of hydrogen-bond acceptors (Lipinski definition) is 3. The van der Waals surface area contributed by atoms with Crippen molar-refractivity contribution in [1.29, 1.82) is 0 Å². The van der Waals surface area contributed by atoms with Crippen LogP contribution >= 0.6 is 0 Å². The lowest BCUT2D eigenvalue weighted by atomic mass is 9.98. The Morgan fingerprint density at radius 3 is 2.65 bits per heavy atom. The van der Waals surface area contributed by atoms with E-state index in [1.165, 1.54) is 0 Å². The third-order valence-electron chi connectivity index (χ3n) is 2.72. The first kappa shape index (κ1) is 13.6. The van der Waals surface area contributed by atoms with Crippen molar-refractivity contribution in [3.8, 4) is 0 Å². The maximum absolute atomic E-state index is 13.0. The molecular formula is C12H16FNO3. The fraction of sp³-hybridized carbons (Fsp3) is 0.500. The van der Waals surface area contributed by atoms with Crippen molar-refractivity contribution in [2.24, 2.45) is 5.92 Å². The van der Waals surface area contributed by atoms with E-state index in [2.05, 4.69) is 0 Å². The average Bonchev–Trinajstić information content (AvgIpc) is 2.25. The molecule has 0 heterocycles. The van der Waals surface area contributed by atoms with Gasteiger partial charge >= 0.3 is 0 Å². The van der Waals surface area contributed by atoms with Crippen molar-refractivity contribution in [2.45, 2.75) is 32.8 Å². The van der Waals surface area contributed by atoms with Crippen LogP contribution in [0.5, 0.6) is 0 Å². The highest BCUT2D eigenvalue weighted by Gasteiger charge is 2.16. The van der Waals surface area contributed by atoms with Gasteiger partial charge in [-0.15, -0.1) is 0 Å². The van der Waals surface area contributed by atoms with Gasteiger partial charge in [0.15, 0.2) is 0 Å².